The van der Waals surface area contributed by atoms with Gasteiger partial charge in [0, 0.05) is 6.16 Å². The molecule has 0 atom stereocenters. The topological polar surface area (TPSA) is 0 Å². The summed E-state index contributed by atoms with van der Waals surface area (Å²) in [6, 6.07) is 50.9. The summed E-state index contributed by atoms with van der Waals surface area (Å²) in [5.41, 5.74) is 7.98. The van der Waals surface area contributed by atoms with Gasteiger partial charge < -0.3 is 0 Å². The molecule has 6 aromatic carbocycles. The number of hydrogen-bond acceptors (Lipinski definition) is 0. The molecule has 0 amide bonds. The van der Waals surface area contributed by atoms with Gasteiger partial charge in [-0.2, -0.15) is 0 Å². The molecule has 0 aromatic heterocycles. The van der Waals surface area contributed by atoms with Crippen molar-refractivity contribution >= 4 is 48.0 Å². The van der Waals surface area contributed by atoms with Crippen LogP contribution < -0.4 is 10.6 Å². The SMILES string of the molecule is c1ccc(P(Cc2ccc3ccccc3c2-c2c(CP(C3CCCCC3)C3CCCCC3)ccc3ccccc23)c2ccccc2)cc1. The fraction of sp³-hybridized carbons (Fsp3) is 0.304. The molecule has 48 heavy (non-hydrogen) atoms. The van der Waals surface area contributed by atoms with Crippen molar-refractivity contribution < 1.29 is 0 Å². The summed E-state index contributed by atoms with van der Waals surface area (Å²) >= 11 is 0. The Kier molecular flexibility index (Phi) is 10.0. The van der Waals surface area contributed by atoms with Crippen LogP contribution in [0.1, 0.15) is 75.3 Å². The molecule has 0 nitrogen and oxygen atoms in total. The second kappa shape index (κ2) is 15.1. The summed E-state index contributed by atoms with van der Waals surface area (Å²) < 4.78 is 0. The highest BCUT2D eigenvalue weighted by Gasteiger charge is 2.32. The van der Waals surface area contributed by atoms with Crippen LogP contribution in [-0.4, -0.2) is 11.3 Å². The molecular weight excluding hydrogens is 614 g/mol. The summed E-state index contributed by atoms with van der Waals surface area (Å²) in [6.45, 7) is 0. The monoisotopic (exact) mass is 662 g/mol. The van der Waals surface area contributed by atoms with Crippen LogP contribution in [0, 0.1) is 0 Å². The lowest BCUT2D eigenvalue weighted by Gasteiger charge is -2.39. The van der Waals surface area contributed by atoms with Gasteiger partial charge in [-0.1, -0.05) is 180 Å². The zero-order valence-corrected chi connectivity index (χ0v) is 30.0. The molecule has 0 radical (unpaired) electrons. The lowest BCUT2D eigenvalue weighted by Crippen LogP contribution is -2.21. The van der Waals surface area contributed by atoms with E-state index in [-0.39, 0.29) is 7.92 Å². The summed E-state index contributed by atoms with van der Waals surface area (Å²) in [5, 5.41) is 8.45. The zero-order valence-electron chi connectivity index (χ0n) is 28.2. The predicted molar refractivity (Wildman–Crippen MR) is 214 cm³/mol. The first kappa shape index (κ1) is 31.9. The average molecular weight is 663 g/mol. The largest absolute Gasteiger partial charge is 0.0958 e. The van der Waals surface area contributed by atoms with E-state index in [0.717, 1.165) is 17.5 Å². The highest BCUT2D eigenvalue weighted by Crippen LogP contribution is 2.59. The Morgan fingerprint density at radius 3 is 1.29 bits per heavy atom. The number of fused-ring (bicyclic) bond motifs is 2. The van der Waals surface area contributed by atoms with Crippen LogP contribution in [0.5, 0.6) is 0 Å². The maximum absolute atomic E-state index is 2.56. The van der Waals surface area contributed by atoms with Crippen LogP contribution in [0.3, 0.4) is 0 Å². The Labute approximate surface area is 290 Å². The van der Waals surface area contributed by atoms with Crippen LogP contribution in [0.25, 0.3) is 32.7 Å². The Morgan fingerprint density at radius 1 is 0.396 bits per heavy atom. The highest BCUT2D eigenvalue weighted by molar-refractivity contribution is 7.72. The summed E-state index contributed by atoms with van der Waals surface area (Å²) in [7, 11) is -0.648. The van der Waals surface area contributed by atoms with Gasteiger partial charge in [-0.25, -0.2) is 0 Å². The van der Waals surface area contributed by atoms with E-state index in [1.807, 2.05) is 0 Å². The van der Waals surface area contributed by atoms with Crippen LogP contribution in [-0.2, 0) is 12.3 Å². The lowest BCUT2D eigenvalue weighted by atomic mass is 9.88. The smallest absolute Gasteiger partial charge is 0.00138 e. The predicted octanol–water partition coefficient (Wildman–Crippen LogP) is 12.9. The molecule has 0 N–H and O–H groups in total. The van der Waals surface area contributed by atoms with E-state index in [9.17, 15) is 0 Å². The molecule has 2 aliphatic rings. The normalized spacial score (nSPS) is 16.3. The fourth-order valence-corrected chi connectivity index (χ4v) is 14.9. The first-order valence-corrected chi connectivity index (χ1v) is 21.7. The van der Waals surface area contributed by atoms with Gasteiger partial charge in [-0.05, 0) is 105 Å². The van der Waals surface area contributed by atoms with Gasteiger partial charge in [0.15, 0.2) is 0 Å². The van der Waals surface area contributed by atoms with Crippen LogP contribution in [0.4, 0.5) is 0 Å². The van der Waals surface area contributed by atoms with Gasteiger partial charge in [-0.15, -0.1) is 0 Å². The molecule has 0 aliphatic heterocycles. The van der Waals surface area contributed by atoms with Gasteiger partial charge in [0.25, 0.3) is 0 Å². The minimum atomic E-state index is -0.575. The number of rotatable bonds is 9. The summed E-state index contributed by atoms with van der Waals surface area (Å²) in [4.78, 5) is 0. The van der Waals surface area contributed by atoms with Crippen molar-refractivity contribution in [1.29, 1.82) is 0 Å². The Balaban J connectivity index is 1.32. The fourth-order valence-electron chi connectivity index (χ4n) is 8.78. The molecule has 0 bridgehead atoms. The third-order valence-electron chi connectivity index (χ3n) is 11.2. The van der Waals surface area contributed by atoms with Crippen LogP contribution >= 0.6 is 15.8 Å². The van der Waals surface area contributed by atoms with E-state index in [1.54, 1.807) is 5.56 Å². The molecule has 2 heteroatoms. The van der Waals surface area contributed by atoms with E-state index >= 15 is 0 Å². The van der Waals surface area contributed by atoms with E-state index in [1.165, 1.54) is 119 Å². The van der Waals surface area contributed by atoms with Crippen molar-refractivity contribution in [1.82, 2.24) is 0 Å². The van der Waals surface area contributed by atoms with Crippen molar-refractivity contribution in [3.63, 3.8) is 0 Å². The zero-order chi connectivity index (χ0) is 32.1. The van der Waals surface area contributed by atoms with Crippen molar-refractivity contribution in [2.45, 2.75) is 87.9 Å². The molecule has 0 spiro atoms. The van der Waals surface area contributed by atoms with E-state index in [2.05, 4.69) is 133 Å². The molecule has 2 aliphatic carbocycles. The summed E-state index contributed by atoms with van der Waals surface area (Å²) in [6.07, 6.45) is 16.8. The standard InChI is InChI=1S/C46H48P2/c1-5-19-39(20-6-1)47(40-21-7-2-8-22-40)33-37-31-29-35-17-13-15-27-43(35)45(37)46-38(32-30-36-18-14-16-28-44(36)46)34-48(41-23-9-3-10-24-41)42-25-11-4-12-26-42/h1-2,5-8,13-22,27-32,41-42H,3-4,9-12,23-26,33-34H2. The molecule has 2 saturated carbocycles. The van der Waals surface area contributed by atoms with Gasteiger partial charge in [0.2, 0.25) is 0 Å². The van der Waals surface area contributed by atoms with Crippen molar-refractivity contribution in [2.24, 2.45) is 0 Å². The van der Waals surface area contributed by atoms with Gasteiger partial charge in [-0.3, -0.25) is 0 Å². The Morgan fingerprint density at radius 2 is 0.812 bits per heavy atom. The quantitative estimate of drug-likeness (QED) is 0.135. The molecule has 242 valence electrons. The van der Waals surface area contributed by atoms with E-state index in [4.69, 9.17) is 0 Å². The molecule has 0 heterocycles. The van der Waals surface area contributed by atoms with Gasteiger partial charge in [0.05, 0.1) is 0 Å². The van der Waals surface area contributed by atoms with E-state index in [0.29, 0.717) is 0 Å². The minimum absolute atomic E-state index is 0.0730. The van der Waals surface area contributed by atoms with Crippen molar-refractivity contribution in [3.8, 4) is 11.1 Å². The second-order valence-corrected chi connectivity index (χ2v) is 19.2. The Bertz CT molecular complexity index is 1890. The minimum Gasteiger partial charge on any atom is -0.0958 e. The molecule has 0 unspecified atom stereocenters. The third-order valence-corrected chi connectivity index (χ3v) is 17.3. The molecular formula is C46H48P2. The average Bonchev–Trinajstić information content (AvgIpc) is 3.17. The van der Waals surface area contributed by atoms with Crippen LogP contribution in [0.2, 0.25) is 0 Å². The Hall–Kier alpha value is -3.30. The molecule has 0 saturated heterocycles. The highest BCUT2D eigenvalue weighted by atomic mass is 31.1. The third kappa shape index (κ3) is 6.77. The maximum atomic E-state index is 2.56. The number of benzene rings is 6. The summed E-state index contributed by atoms with van der Waals surface area (Å²) in [5.74, 6) is 0. The maximum Gasteiger partial charge on any atom is 0.00138 e. The van der Waals surface area contributed by atoms with Gasteiger partial charge in [0.1, 0.15) is 0 Å². The van der Waals surface area contributed by atoms with Gasteiger partial charge >= 0.3 is 0 Å². The number of hydrogen-bond donors (Lipinski definition) is 0. The first-order chi connectivity index (χ1) is 23.8. The van der Waals surface area contributed by atoms with Crippen molar-refractivity contribution in [2.75, 3.05) is 0 Å². The van der Waals surface area contributed by atoms with Crippen molar-refractivity contribution in [3.05, 3.63) is 145 Å². The molecule has 6 aromatic rings. The lowest BCUT2D eigenvalue weighted by molar-refractivity contribution is 0.484. The second-order valence-electron chi connectivity index (χ2n) is 14.2. The van der Waals surface area contributed by atoms with Crippen LogP contribution in [0.15, 0.2) is 133 Å². The van der Waals surface area contributed by atoms with E-state index < -0.39 is 7.92 Å². The molecule has 2 fully saturated rings. The first-order valence-electron chi connectivity index (χ1n) is 18.5. The molecule has 8 rings (SSSR count).